The first kappa shape index (κ1) is 14.4. The summed E-state index contributed by atoms with van der Waals surface area (Å²) in [5.74, 6) is 1.72. The summed E-state index contributed by atoms with van der Waals surface area (Å²) in [5, 5.41) is 3.51. The lowest BCUT2D eigenvalue weighted by molar-refractivity contribution is -0.0735. The molecule has 2 atom stereocenters. The van der Waals surface area contributed by atoms with Crippen LogP contribution >= 0.6 is 0 Å². The largest absolute Gasteiger partial charge is 0.373 e. The van der Waals surface area contributed by atoms with Crippen LogP contribution in [0.2, 0.25) is 0 Å². The number of aryl methyl sites for hydroxylation is 1. The Morgan fingerprint density at radius 1 is 1.32 bits per heavy atom. The van der Waals surface area contributed by atoms with Crippen molar-refractivity contribution < 1.29 is 4.74 Å². The van der Waals surface area contributed by atoms with Crippen molar-refractivity contribution in [3.63, 3.8) is 0 Å². The predicted octanol–water partition coefficient (Wildman–Crippen LogP) is 2.23. The number of aromatic nitrogens is 2. The molecule has 1 aliphatic carbocycles. The monoisotopic (exact) mass is 302 g/mol. The molecule has 5 nitrogen and oxygen atoms in total. The van der Waals surface area contributed by atoms with Gasteiger partial charge in [0.15, 0.2) is 0 Å². The molecule has 2 saturated heterocycles. The van der Waals surface area contributed by atoms with Gasteiger partial charge in [-0.1, -0.05) is 0 Å². The molecule has 1 N–H and O–H groups in total. The van der Waals surface area contributed by atoms with Gasteiger partial charge in [-0.2, -0.15) is 0 Å². The third-order valence-electron chi connectivity index (χ3n) is 5.22. The van der Waals surface area contributed by atoms with Crippen LogP contribution in [0, 0.1) is 12.8 Å². The number of rotatable bonds is 4. The van der Waals surface area contributed by atoms with Crippen molar-refractivity contribution in [1.29, 1.82) is 0 Å². The zero-order chi connectivity index (χ0) is 15.0. The lowest BCUT2D eigenvalue weighted by atomic mass is 9.89. The predicted molar refractivity (Wildman–Crippen MR) is 85.9 cm³/mol. The van der Waals surface area contributed by atoms with E-state index in [1.54, 1.807) is 0 Å². The van der Waals surface area contributed by atoms with E-state index in [2.05, 4.69) is 20.2 Å². The summed E-state index contributed by atoms with van der Waals surface area (Å²) in [7, 11) is 0. The Kier molecular flexibility index (Phi) is 3.78. The molecule has 3 fully saturated rings. The molecule has 3 heterocycles. The normalized spacial score (nSPS) is 32.5. The standard InChI is InChI=1S/C17H26N4O/c1-13-9-18-16(19-10-13)20-15-4-7-22-17(8-15)5-6-21(12-17)11-14-2-3-14/h9-10,14-15H,2-8,11-12H2,1H3,(H,18,19,20)/t15-,17-/m0/s1. The molecule has 0 bridgehead atoms. The maximum Gasteiger partial charge on any atom is 0.222 e. The van der Waals surface area contributed by atoms with Gasteiger partial charge in [0.2, 0.25) is 5.95 Å². The third kappa shape index (κ3) is 3.25. The van der Waals surface area contributed by atoms with Gasteiger partial charge in [-0.3, -0.25) is 0 Å². The number of nitrogens with one attached hydrogen (secondary N) is 1. The highest BCUT2D eigenvalue weighted by Crippen LogP contribution is 2.37. The van der Waals surface area contributed by atoms with E-state index in [0.29, 0.717) is 6.04 Å². The lowest BCUT2D eigenvalue weighted by Gasteiger charge is -2.38. The summed E-state index contributed by atoms with van der Waals surface area (Å²) in [5.41, 5.74) is 1.16. The molecule has 22 heavy (non-hydrogen) atoms. The van der Waals surface area contributed by atoms with E-state index in [1.807, 2.05) is 19.3 Å². The molecule has 1 aromatic rings. The smallest absolute Gasteiger partial charge is 0.222 e. The zero-order valence-electron chi connectivity index (χ0n) is 13.4. The van der Waals surface area contributed by atoms with E-state index in [4.69, 9.17) is 4.74 Å². The minimum Gasteiger partial charge on any atom is -0.373 e. The van der Waals surface area contributed by atoms with Gasteiger partial charge in [0.25, 0.3) is 0 Å². The van der Waals surface area contributed by atoms with Crippen molar-refractivity contribution in [3.8, 4) is 0 Å². The van der Waals surface area contributed by atoms with E-state index >= 15 is 0 Å². The van der Waals surface area contributed by atoms with Crippen LogP contribution < -0.4 is 5.32 Å². The van der Waals surface area contributed by atoms with Crippen molar-refractivity contribution in [3.05, 3.63) is 18.0 Å². The molecule has 1 spiro atoms. The van der Waals surface area contributed by atoms with E-state index in [9.17, 15) is 0 Å². The van der Waals surface area contributed by atoms with Gasteiger partial charge in [0.1, 0.15) is 0 Å². The average Bonchev–Trinajstić information content (AvgIpc) is 3.24. The van der Waals surface area contributed by atoms with Gasteiger partial charge in [-0.15, -0.1) is 0 Å². The van der Waals surface area contributed by atoms with Gasteiger partial charge in [0.05, 0.1) is 5.60 Å². The molecule has 4 rings (SSSR count). The van der Waals surface area contributed by atoms with Crippen LogP contribution in [0.3, 0.4) is 0 Å². The second-order valence-corrected chi connectivity index (χ2v) is 7.38. The second-order valence-electron chi connectivity index (χ2n) is 7.38. The fraction of sp³-hybridized carbons (Fsp3) is 0.765. The molecule has 1 aromatic heterocycles. The number of anilines is 1. The summed E-state index contributed by atoms with van der Waals surface area (Å²) in [6, 6.07) is 0.428. The van der Waals surface area contributed by atoms with Crippen molar-refractivity contribution in [2.75, 3.05) is 31.6 Å². The number of nitrogens with zero attached hydrogens (tertiary/aromatic N) is 3. The third-order valence-corrected chi connectivity index (χ3v) is 5.22. The lowest BCUT2D eigenvalue weighted by Crippen LogP contribution is -2.46. The van der Waals surface area contributed by atoms with Crippen molar-refractivity contribution in [1.82, 2.24) is 14.9 Å². The zero-order valence-corrected chi connectivity index (χ0v) is 13.4. The van der Waals surface area contributed by atoms with Crippen LogP contribution in [0.4, 0.5) is 5.95 Å². The minimum absolute atomic E-state index is 0.0650. The van der Waals surface area contributed by atoms with Crippen LogP contribution in [0.25, 0.3) is 0 Å². The van der Waals surface area contributed by atoms with Crippen molar-refractivity contribution in [2.24, 2.45) is 5.92 Å². The number of ether oxygens (including phenoxy) is 1. The Bertz CT molecular complexity index is 516. The van der Waals surface area contributed by atoms with E-state index in [1.165, 1.54) is 32.4 Å². The Balaban J connectivity index is 1.36. The molecule has 5 heteroatoms. The highest BCUT2D eigenvalue weighted by atomic mass is 16.5. The summed E-state index contributed by atoms with van der Waals surface area (Å²) in [4.78, 5) is 11.4. The topological polar surface area (TPSA) is 50.3 Å². The average molecular weight is 302 g/mol. The van der Waals surface area contributed by atoms with Gasteiger partial charge in [-0.05, 0) is 50.5 Å². The van der Waals surface area contributed by atoms with Crippen LogP contribution in [-0.4, -0.2) is 52.8 Å². The van der Waals surface area contributed by atoms with Crippen molar-refractivity contribution in [2.45, 2.75) is 50.7 Å². The number of likely N-dealkylation sites (tertiary alicyclic amines) is 1. The number of hydrogen-bond acceptors (Lipinski definition) is 5. The van der Waals surface area contributed by atoms with E-state index < -0.39 is 0 Å². The highest BCUT2D eigenvalue weighted by Gasteiger charge is 2.44. The highest BCUT2D eigenvalue weighted by molar-refractivity contribution is 5.26. The first-order chi connectivity index (χ1) is 10.7. The SMILES string of the molecule is Cc1cnc(N[C@H]2CCO[C@@]3(CCN(CC4CC4)C3)C2)nc1. The van der Waals surface area contributed by atoms with Crippen LogP contribution in [0.15, 0.2) is 12.4 Å². The van der Waals surface area contributed by atoms with E-state index in [0.717, 1.165) is 43.4 Å². The molecule has 3 aliphatic rings. The fourth-order valence-electron chi connectivity index (χ4n) is 3.83. The quantitative estimate of drug-likeness (QED) is 0.924. The molecule has 0 unspecified atom stereocenters. The van der Waals surface area contributed by atoms with Crippen LogP contribution in [-0.2, 0) is 4.74 Å². The Labute approximate surface area is 132 Å². The molecule has 0 aromatic carbocycles. The molecular weight excluding hydrogens is 276 g/mol. The molecule has 0 radical (unpaired) electrons. The Morgan fingerprint density at radius 3 is 2.91 bits per heavy atom. The molecule has 2 aliphatic heterocycles. The van der Waals surface area contributed by atoms with Crippen LogP contribution in [0.1, 0.15) is 37.7 Å². The summed E-state index contributed by atoms with van der Waals surface area (Å²) >= 11 is 0. The Morgan fingerprint density at radius 2 is 2.14 bits per heavy atom. The maximum atomic E-state index is 6.22. The molecular formula is C17H26N4O. The summed E-state index contributed by atoms with van der Waals surface area (Å²) in [6.45, 7) is 6.45. The first-order valence-corrected chi connectivity index (χ1v) is 8.62. The molecule has 0 amide bonds. The molecule has 120 valence electrons. The van der Waals surface area contributed by atoms with Crippen molar-refractivity contribution >= 4 is 5.95 Å². The minimum atomic E-state index is 0.0650. The van der Waals surface area contributed by atoms with Crippen LogP contribution in [0.5, 0.6) is 0 Å². The maximum absolute atomic E-state index is 6.22. The van der Waals surface area contributed by atoms with Gasteiger partial charge < -0.3 is 15.0 Å². The van der Waals surface area contributed by atoms with Gasteiger partial charge in [0, 0.05) is 44.7 Å². The summed E-state index contributed by atoms with van der Waals surface area (Å²) in [6.07, 6.45) is 9.90. The number of hydrogen-bond donors (Lipinski definition) is 1. The first-order valence-electron chi connectivity index (χ1n) is 8.62. The molecule has 1 saturated carbocycles. The Hall–Kier alpha value is -1.20. The fourth-order valence-corrected chi connectivity index (χ4v) is 3.83. The van der Waals surface area contributed by atoms with E-state index in [-0.39, 0.29) is 5.60 Å². The van der Waals surface area contributed by atoms with Gasteiger partial charge >= 0.3 is 0 Å². The van der Waals surface area contributed by atoms with Gasteiger partial charge in [-0.25, -0.2) is 9.97 Å². The second kappa shape index (κ2) is 5.78. The summed E-state index contributed by atoms with van der Waals surface area (Å²) < 4.78 is 6.22.